The summed E-state index contributed by atoms with van der Waals surface area (Å²) in [5.41, 5.74) is -1.80. The van der Waals surface area contributed by atoms with E-state index in [9.17, 15) is 9.59 Å². The maximum absolute atomic E-state index is 12.2. The average Bonchev–Trinajstić information content (AvgIpc) is 3.20. The first kappa shape index (κ1) is 15.0. The quantitative estimate of drug-likeness (QED) is 0.527. The van der Waals surface area contributed by atoms with E-state index in [0.717, 1.165) is 0 Å². The van der Waals surface area contributed by atoms with Crippen LogP contribution in [0.15, 0.2) is 0 Å². The van der Waals surface area contributed by atoms with Crippen LogP contribution in [0.2, 0.25) is 0 Å². The van der Waals surface area contributed by atoms with Gasteiger partial charge in [-0.1, -0.05) is 0 Å². The second-order valence-electron chi connectivity index (χ2n) is 4.28. The van der Waals surface area contributed by atoms with Gasteiger partial charge in [-0.15, -0.1) is 0 Å². The minimum atomic E-state index is -1.80. The van der Waals surface area contributed by atoms with Gasteiger partial charge >= 0.3 is 11.9 Å². The zero-order valence-corrected chi connectivity index (χ0v) is 11.0. The molecule has 0 bridgehead atoms. The molecule has 0 saturated heterocycles. The molecular formula is C13H16N2O4. The second-order valence-corrected chi connectivity index (χ2v) is 4.28. The zero-order valence-electron chi connectivity index (χ0n) is 11.0. The Morgan fingerprint density at radius 2 is 1.58 bits per heavy atom. The van der Waals surface area contributed by atoms with E-state index in [-0.39, 0.29) is 19.1 Å². The molecule has 1 fully saturated rings. The Hall–Kier alpha value is -2.08. The Kier molecular flexibility index (Phi) is 4.88. The van der Waals surface area contributed by atoms with Gasteiger partial charge in [0.25, 0.3) is 0 Å². The van der Waals surface area contributed by atoms with Crippen LogP contribution in [0.1, 0.15) is 26.7 Å². The highest BCUT2D eigenvalue weighted by atomic mass is 16.6. The van der Waals surface area contributed by atoms with Crippen LogP contribution >= 0.6 is 0 Å². The van der Waals surface area contributed by atoms with Crippen molar-refractivity contribution in [1.29, 1.82) is 10.5 Å². The van der Waals surface area contributed by atoms with Crippen LogP contribution < -0.4 is 0 Å². The molecule has 19 heavy (non-hydrogen) atoms. The first-order valence-electron chi connectivity index (χ1n) is 6.23. The van der Waals surface area contributed by atoms with Crippen molar-refractivity contribution in [2.45, 2.75) is 26.7 Å². The van der Waals surface area contributed by atoms with Gasteiger partial charge in [0.2, 0.25) is 0 Å². The predicted molar refractivity (Wildman–Crippen MR) is 63.1 cm³/mol. The number of rotatable bonds is 6. The number of carbonyl (C=O) groups excluding carboxylic acids is 2. The molecule has 102 valence electrons. The van der Waals surface area contributed by atoms with Crippen molar-refractivity contribution in [3.63, 3.8) is 0 Å². The molecule has 0 aromatic heterocycles. The molecule has 1 aliphatic carbocycles. The van der Waals surface area contributed by atoms with Crippen LogP contribution in [0, 0.1) is 39.9 Å². The van der Waals surface area contributed by atoms with Crippen LogP contribution in [-0.4, -0.2) is 25.2 Å². The summed E-state index contributed by atoms with van der Waals surface area (Å²) < 4.78 is 9.84. The number of esters is 2. The van der Waals surface area contributed by atoms with Gasteiger partial charge in [0.15, 0.2) is 11.3 Å². The number of nitriles is 2. The Bertz CT molecular complexity index is 411. The molecule has 0 atom stereocenters. The Labute approximate surface area is 111 Å². The van der Waals surface area contributed by atoms with E-state index in [4.69, 9.17) is 20.0 Å². The number of hydrogen-bond donors (Lipinski definition) is 0. The van der Waals surface area contributed by atoms with Crippen molar-refractivity contribution < 1.29 is 19.1 Å². The van der Waals surface area contributed by atoms with Gasteiger partial charge in [0, 0.05) is 0 Å². The molecule has 1 aliphatic rings. The fraction of sp³-hybridized carbons (Fsp3) is 0.692. The molecule has 0 amide bonds. The molecule has 6 nitrogen and oxygen atoms in total. The third-order valence-electron chi connectivity index (χ3n) is 3.16. The summed E-state index contributed by atoms with van der Waals surface area (Å²) in [5, 5.41) is 18.2. The van der Waals surface area contributed by atoms with Crippen LogP contribution in [0.25, 0.3) is 0 Å². The summed E-state index contributed by atoms with van der Waals surface area (Å²) in [6.07, 6.45) is 1.22. The van der Waals surface area contributed by atoms with Gasteiger partial charge in [0.05, 0.1) is 25.4 Å². The number of nitrogens with zero attached hydrogens (tertiary/aromatic N) is 2. The van der Waals surface area contributed by atoms with Crippen molar-refractivity contribution in [3.05, 3.63) is 0 Å². The van der Waals surface area contributed by atoms with Crippen LogP contribution in [0.4, 0.5) is 0 Å². The van der Waals surface area contributed by atoms with Crippen molar-refractivity contribution in [1.82, 2.24) is 0 Å². The largest absolute Gasteiger partial charge is 0.465 e. The third kappa shape index (κ3) is 2.53. The summed E-state index contributed by atoms with van der Waals surface area (Å²) in [6.45, 7) is 3.37. The summed E-state index contributed by atoms with van der Waals surface area (Å²) in [4.78, 5) is 24.4. The van der Waals surface area contributed by atoms with Gasteiger partial charge < -0.3 is 9.47 Å². The van der Waals surface area contributed by atoms with Gasteiger partial charge in [-0.05, 0) is 32.6 Å². The third-order valence-corrected chi connectivity index (χ3v) is 3.16. The van der Waals surface area contributed by atoms with Gasteiger partial charge in [0.1, 0.15) is 0 Å². The molecule has 6 heteroatoms. The molecule has 1 saturated carbocycles. The molecular weight excluding hydrogens is 248 g/mol. The van der Waals surface area contributed by atoms with Gasteiger partial charge in [-0.3, -0.25) is 9.59 Å². The van der Waals surface area contributed by atoms with E-state index in [2.05, 4.69) is 0 Å². The van der Waals surface area contributed by atoms with Crippen LogP contribution in [0.3, 0.4) is 0 Å². The maximum Gasteiger partial charge on any atom is 0.326 e. The second kappa shape index (κ2) is 6.19. The lowest BCUT2D eigenvalue weighted by atomic mass is 9.72. The normalized spacial score (nSPS) is 14.4. The number of carbonyl (C=O) groups is 2. The molecule has 0 aromatic rings. The maximum atomic E-state index is 12.2. The fourth-order valence-electron chi connectivity index (χ4n) is 2.16. The minimum Gasteiger partial charge on any atom is -0.465 e. The fourth-order valence-corrected chi connectivity index (χ4v) is 2.16. The summed E-state index contributed by atoms with van der Waals surface area (Å²) in [5.74, 6) is -3.40. The van der Waals surface area contributed by atoms with Gasteiger partial charge in [-0.2, -0.15) is 10.5 Å². The smallest absolute Gasteiger partial charge is 0.326 e. The van der Waals surface area contributed by atoms with Crippen LogP contribution in [-0.2, 0) is 19.1 Å². The van der Waals surface area contributed by atoms with E-state index < -0.39 is 23.3 Å². The van der Waals surface area contributed by atoms with Crippen molar-refractivity contribution in [3.8, 4) is 12.1 Å². The van der Waals surface area contributed by atoms with Crippen LogP contribution in [0.5, 0.6) is 0 Å². The standard InChI is InChI=1S/C13H16N2O4/c1-3-18-11(16)13(9-5-6-9,10(7-14)8-15)12(17)19-4-2/h9-10H,3-6H2,1-2H3. The highest BCUT2D eigenvalue weighted by molar-refractivity contribution is 6.02. The topological polar surface area (TPSA) is 100 Å². The zero-order chi connectivity index (χ0) is 14.5. The van der Waals surface area contributed by atoms with Crippen molar-refractivity contribution in [2.24, 2.45) is 17.3 Å². The van der Waals surface area contributed by atoms with E-state index in [0.29, 0.717) is 12.8 Å². The minimum absolute atomic E-state index is 0.0796. The first-order chi connectivity index (χ1) is 9.09. The van der Waals surface area contributed by atoms with Crippen molar-refractivity contribution >= 4 is 11.9 Å². The highest BCUT2D eigenvalue weighted by Gasteiger charge is 2.64. The first-order valence-corrected chi connectivity index (χ1v) is 6.23. The van der Waals surface area contributed by atoms with E-state index >= 15 is 0 Å². The molecule has 0 N–H and O–H groups in total. The molecule has 0 aliphatic heterocycles. The van der Waals surface area contributed by atoms with Gasteiger partial charge in [-0.25, -0.2) is 0 Å². The summed E-state index contributed by atoms with van der Waals surface area (Å²) in [7, 11) is 0. The average molecular weight is 264 g/mol. The molecule has 0 heterocycles. The Morgan fingerprint density at radius 3 is 1.84 bits per heavy atom. The lowest BCUT2D eigenvalue weighted by molar-refractivity contribution is -0.176. The lowest BCUT2D eigenvalue weighted by Crippen LogP contribution is -2.49. The SMILES string of the molecule is CCOC(=O)C(C(=O)OCC)(C(C#N)C#N)C1CC1. The Morgan fingerprint density at radius 1 is 1.16 bits per heavy atom. The molecule has 0 unspecified atom stereocenters. The number of hydrogen-bond acceptors (Lipinski definition) is 6. The summed E-state index contributed by atoms with van der Waals surface area (Å²) >= 11 is 0. The van der Waals surface area contributed by atoms with E-state index in [1.807, 2.05) is 0 Å². The van der Waals surface area contributed by atoms with Crippen molar-refractivity contribution in [2.75, 3.05) is 13.2 Å². The molecule has 1 rings (SSSR count). The lowest BCUT2D eigenvalue weighted by Gasteiger charge is -2.29. The summed E-state index contributed by atoms with van der Waals surface area (Å²) in [6, 6.07) is 3.46. The number of ether oxygens (including phenoxy) is 2. The van der Waals surface area contributed by atoms with E-state index in [1.54, 1.807) is 26.0 Å². The van der Waals surface area contributed by atoms with E-state index in [1.165, 1.54) is 0 Å². The monoisotopic (exact) mass is 264 g/mol. The molecule has 0 spiro atoms. The molecule has 0 radical (unpaired) electrons. The molecule has 0 aromatic carbocycles. The highest BCUT2D eigenvalue weighted by Crippen LogP contribution is 2.51. The Balaban J connectivity index is 3.26. The predicted octanol–water partition coefficient (Wildman–Crippen LogP) is 1.17.